The fourth-order valence-corrected chi connectivity index (χ4v) is 3.31. The minimum absolute atomic E-state index is 0.00880. The summed E-state index contributed by atoms with van der Waals surface area (Å²) in [4.78, 5) is 29.4. The van der Waals surface area contributed by atoms with Gasteiger partial charge in [0, 0.05) is 38.1 Å². The molecule has 1 aromatic carbocycles. The van der Waals surface area contributed by atoms with Gasteiger partial charge in [-0.3, -0.25) is 14.2 Å². The quantitative estimate of drug-likeness (QED) is 0.524. The number of amides is 1. The van der Waals surface area contributed by atoms with Gasteiger partial charge in [0.1, 0.15) is 0 Å². The molecule has 2 rings (SSSR count). The monoisotopic (exact) mass is 375 g/mol. The van der Waals surface area contributed by atoms with Gasteiger partial charge in [-0.15, -0.1) is 0 Å². The van der Waals surface area contributed by atoms with Crippen molar-refractivity contribution in [2.45, 2.75) is 31.8 Å². The highest BCUT2D eigenvalue weighted by Gasteiger charge is 2.13. The van der Waals surface area contributed by atoms with Crippen LogP contribution in [0.3, 0.4) is 0 Å². The lowest BCUT2D eigenvalue weighted by atomic mass is 10.1. The van der Waals surface area contributed by atoms with Crippen LogP contribution in [0.15, 0.2) is 35.7 Å². The molecule has 0 bridgehead atoms. The molecule has 0 aliphatic carbocycles. The second-order valence-corrected chi connectivity index (χ2v) is 7.07. The summed E-state index contributed by atoms with van der Waals surface area (Å²) in [6.45, 7) is 4.69. The summed E-state index contributed by atoms with van der Waals surface area (Å²) in [5.41, 5.74) is 3.49. The van der Waals surface area contributed by atoms with Gasteiger partial charge >= 0.3 is 5.97 Å². The van der Waals surface area contributed by atoms with Crippen LogP contribution in [-0.2, 0) is 14.3 Å². The van der Waals surface area contributed by atoms with Crippen LogP contribution in [0.5, 0.6) is 0 Å². The Morgan fingerprint density at radius 1 is 1.27 bits per heavy atom. The van der Waals surface area contributed by atoms with E-state index in [1.54, 1.807) is 18.1 Å². The topological polar surface area (TPSA) is 64.4 Å². The third-order valence-corrected chi connectivity index (χ3v) is 5.18. The standard InChI is InChI=1S/C19H25N3O3S/c1-14-7-8-16(12-15(14)2)22-11-9-20-19(22)26-13-17(23)21(3)10-5-6-18(24)25-4/h7-9,11-12H,5-6,10,13H2,1-4H3. The van der Waals surface area contributed by atoms with E-state index in [0.717, 1.165) is 10.8 Å². The van der Waals surface area contributed by atoms with Gasteiger partial charge < -0.3 is 9.64 Å². The van der Waals surface area contributed by atoms with Crippen LogP contribution in [0.4, 0.5) is 0 Å². The van der Waals surface area contributed by atoms with Gasteiger partial charge in [-0.2, -0.15) is 0 Å². The van der Waals surface area contributed by atoms with Crippen LogP contribution in [0.1, 0.15) is 24.0 Å². The molecule has 2 aromatic rings. The minimum atomic E-state index is -0.254. The molecule has 1 amide bonds. The smallest absolute Gasteiger partial charge is 0.305 e. The summed E-state index contributed by atoms with van der Waals surface area (Å²) in [5.74, 6) is 0.0569. The molecular formula is C19H25N3O3S. The molecule has 6 nitrogen and oxygen atoms in total. The number of aromatic nitrogens is 2. The third kappa shape index (κ3) is 5.36. The average molecular weight is 375 g/mol. The maximum absolute atomic E-state index is 12.3. The van der Waals surface area contributed by atoms with Crippen molar-refractivity contribution in [3.05, 3.63) is 41.7 Å². The molecule has 140 valence electrons. The van der Waals surface area contributed by atoms with Crippen molar-refractivity contribution in [3.8, 4) is 5.69 Å². The molecular weight excluding hydrogens is 350 g/mol. The second-order valence-electron chi connectivity index (χ2n) is 6.13. The number of aryl methyl sites for hydroxylation is 2. The van der Waals surface area contributed by atoms with Crippen LogP contribution in [-0.4, -0.2) is 52.8 Å². The van der Waals surface area contributed by atoms with Crippen LogP contribution in [0.2, 0.25) is 0 Å². The third-order valence-electron chi connectivity index (χ3n) is 4.23. The van der Waals surface area contributed by atoms with Gasteiger partial charge in [-0.25, -0.2) is 4.98 Å². The Morgan fingerprint density at radius 2 is 2.04 bits per heavy atom. The van der Waals surface area contributed by atoms with Gasteiger partial charge in [0.2, 0.25) is 5.91 Å². The Labute approximate surface area is 158 Å². The predicted molar refractivity (Wildman–Crippen MR) is 103 cm³/mol. The van der Waals surface area contributed by atoms with E-state index in [1.165, 1.54) is 30.0 Å². The van der Waals surface area contributed by atoms with E-state index in [-0.39, 0.29) is 11.9 Å². The number of benzene rings is 1. The molecule has 0 aliphatic heterocycles. The van der Waals surface area contributed by atoms with Crippen LogP contribution < -0.4 is 0 Å². The van der Waals surface area contributed by atoms with Crippen molar-refractivity contribution in [1.29, 1.82) is 0 Å². The molecule has 0 radical (unpaired) electrons. The average Bonchev–Trinajstić information content (AvgIpc) is 3.10. The number of rotatable bonds is 8. The lowest BCUT2D eigenvalue weighted by molar-refractivity contribution is -0.141. The van der Waals surface area contributed by atoms with Gasteiger partial charge in [-0.05, 0) is 43.5 Å². The van der Waals surface area contributed by atoms with Gasteiger partial charge in [0.15, 0.2) is 5.16 Å². The highest BCUT2D eigenvalue weighted by Crippen LogP contribution is 2.22. The first kappa shape index (κ1) is 20.0. The number of imidazole rings is 1. The van der Waals surface area contributed by atoms with Crippen molar-refractivity contribution in [2.24, 2.45) is 0 Å². The van der Waals surface area contributed by atoms with E-state index < -0.39 is 0 Å². The summed E-state index contributed by atoms with van der Waals surface area (Å²) in [7, 11) is 3.11. The normalized spacial score (nSPS) is 10.6. The van der Waals surface area contributed by atoms with Crippen molar-refractivity contribution >= 4 is 23.6 Å². The lowest BCUT2D eigenvalue weighted by Crippen LogP contribution is -2.29. The molecule has 1 aromatic heterocycles. The Bertz CT molecular complexity index is 773. The lowest BCUT2D eigenvalue weighted by Gasteiger charge is -2.16. The fraction of sp³-hybridized carbons (Fsp3) is 0.421. The number of thioether (sulfide) groups is 1. The number of hydrogen-bond acceptors (Lipinski definition) is 5. The number of esters is 1. The van der Waals surface area contributed by atoms with Gasteiger partial charge in [-0.1, -0.05) is 17.8 Å². The summed E-state index contributed by atoms with van der Waals surface area (Å²) in [5, 5.41) is 0.782. The zero-order valence-corrected chi connectivity index (χ0v) is 16.5. The first-order valence-electron chi connectivity index (χ1n) is 8.47. The summed E-state index contributed by atoms with van der Waals surface area (Å²) < 4.78 is 6.59. The highest BCUT2D eigenvalue weighted by molar-refractivity contribution is 7.99. The molecule has 26 heavy (non-hydrogen) atoms. The Morgan fingerprint density at radius 3 is 2.73 bits per heavy atom. The van der Waals surface area contributed by atoms with E-state index in [4.69, 9.17) is 0 Å². The summed E-state index contributed by atoms with van der Waals surface area (Å²) >= 11 is 1.41. The van der Waals surface area contributed by atoms with Gasteiger partial charge in [0.25, 0.3) is 0 Å². The summed E-state index contributed by atoms with van der Waals surface area (Å²) in [6, 6.07) is 6.25. The first-order chi connectivity index (χ1) is 12.4. The maximum atomic E-state index is 12.3. The van der Waals surface area contributed by atoms with E-state index in [1.807, 2.05) is 10.8 Å². The number of carbonyl (C=O) groups is 2. The Hall–Kier alpha value is -2.28. The van der Waals surface area contributed by atoms with Gasteiger partial charge in [0.05, 0.1) is 12.9 Å². The number of hydrogen-bond donors (Lipinski definition) is 0. The highest BCUT2D eigenvalue weighted by atomic mass is 32.2. The van der Waals surface area contributed by atoms with Crippen LogP contribution in [0, 0.1) is 13.8 Å². The fourth-order valence-electron chi connectivity index (χ4n) is 2.39. The van der Waals surface area contributed by atoms with E-state index in [9.17, 15) is 9.59 Å². The largest absolute Gasteiger partial charge is 0.469 e. The molecule has 7 heteroatoms. The molecule has 0 atom stereocenters. The van der Waals surface area contributed by atoms with Crippen LogP contribution >= 0.6 is 11.8 Å². The first-order valence-corrected chi connectivity index (χ1v) is 9.45. The second kappa shape index (κ2) is 9.43. The number of methoxy groups -OCH3 is 1. The number of carbonyl (C=O) groups excluding carboxylic acids is 2. The summed E-state index contributed by atoms with van der Waals surface area (Å²) in [6.07, 6.45) is 4.55. The zero-order chi connectivity index (χ0) is 19.1. The van der Waals surface area contributed by atoms with E-state index in [2.05, 4.69) is 41.8 Å². The van der Waals surface area contributed by atoms with Crippen molar-refractivity contribution < 1.29 is 14.3 Å². The van der Waals surface area contributed by atoms with Crippen molar-refractivity contribution in [3.63, 3.8) is 0 Å². The molecule has 0 saturated carbocycles. The minimum Gasteiger partial charge on any atom is -0.469 e. The molecule has 0 unspecified atom stereocenters. The molecule has 0 N–H and O–H groups in total. The molecule has 0 fully saturated rings. The van der Waals surface area contributed by atoms with Crippen molar-refractivity contribution in [2.75, 3.05) is 26.5 Å². The molecule has 1 heterocycles. The van der Waals surface area contributed by atoms with E-state index >= 15 is 0 Å². The van der Waals surface area contributed by atoms with E-state index in [0.29, 0.717) is 25.1 Å². The van der Waals surface area contributed by atoms with Crippen molar-refractivity contribution in [1.82, 2.24) is 14.5 Å². The number of nitrogens with zero attached hydrogens (tertiary/aromatic N) is 3. The SMILES string of the molecule is COC(=O)CCCN(C)C(=O)CSc1nccn1-c1ccc(C)c(C)c1. The molecule has 0 spiro atoms. The molecule has 0 saturated heterocycles. The molecule has 0 aliphatic rings. The van der Waals surface area contributed by atoms with Crippen LogP contribution in [0.25, 0.3) is 5.69 Å². The predicted octanol–water partition coefficient (Wildman–Crippen LogP) is 2.99. The zero-order valence-electron chi connectivity index (χ0n) is 15.7. The Balaban J connectivity index is 1.91. The Kier molecular flexibility index (Phi) is 7.26. The number of ether oxygens (including phenoxy) is 1. The maximum Gasteiger partial charge on any atom is 0.305 e.